The van der Waals surface area contributed by atoms with E-state index in [2.05, 4.69) is 12.1 Å². The second kappa shape index (κ2) is 3.74. The molecule has 0 unspecified atom stereocenters. The van der Waals surface area contributed by atoms with Gasteiger partial charge in [-0.3, -0.25) is 0 Å². The number of rotatable bonds is 1. The lowest BCUT2D eigenvalue weighted by atomic mass is 9.98. The maximum atomic E-state index is 8.69. The molecule has 0 spiro atoms. The van der Waals surface area contributed by atoms with E-state index < -0.39 is 0 Å². The molecule has 0 radical (unpaired) electrons. The van der Waals surface area contributed by atoms with Crippen molar-refractivity contribution in [3.63, 3.8) is 0 Å². The summed E-state index contributed by atoms with van der Waals surface area (Å²) < 4.78 is 0. The van der Waals surface area contributed by atoms with Crippen molar-refractivity contribution in [2.24, 2.45) is 0 Å². The Morgan fingerprint density at radius 1 is 1.15 bits per heavy atom. The summed E-state index contributed by atoms with van der Waals surface area (Å²) in [5.41, 5.74) is 3.76. The van der Waals surface area contributed by atoms with E-state index in [0.717, 1.165) is 16.7 Å². The molecule has 1 rings (SSSR count). The third-order valence-corrected chi connectivity index (χ3v) is 2.08. The average molecular weight is 170 g/mol. The second-order valence-electron chi connectivity index (χ2n) is 3.04. The fourth-order valence-electron chi connectivity index (χ4n) is 1.42. The van der Waals surface area contributed by atoms with Crippen LogP contribution in [0.5, 0.6) is 0 Å². The van der Waals surface area contributed by atoms with Gasteiger partial charge in [0.05, 0.1) is 24.1 Å². The highest BCUT2D eigenvalue weighted by Crippen LogP contribution is 2.16. The lowest BCUT2D eigenvalue weighted by Crippen LogP contribution is -1.93. The molecule has 2 nitrogen and oxygen atoms in total. The summed E-state index contributed by atoms with van der Waals surface area (Å²) in [4.78, 5) is 0. The van der Waals surface area contributed by atoms with Crippen LogP contribution in [0, 0.1) is 36.5 Å². The van der Waals surface area contributed by atoms with Crippen LogP contribution in [-0.2, 0) is 6.42 Å². The Labute approximate surface area is 78.0 Å². The largest absolute Gasteiger partial charge is 0.198 e. The summed E-state index contributed by atoms with van der Waals surface area (Å²) in [6, 6.07) is 7.85. The van der Waals surface area contributed by atoms with Crippen LogP contribution in [0.3, 0.4) is 0 Å². The average Bonchev–Trinajstić information content (AvgIpc) is 2.11. The van der Waals surface area contributed by atoms with E-state index in [9.17, 15) is 0 Å². The normalized spacial score (nSPS) is 8.92. The van der Waals surface area contributed by atoms with E-state index >= 15 is 0 Å². The predicted octanol–water partition coefficient (Wildman–Crippen LogP) is 2.24. The van der Waals surface area contributed by atoms with E-state index in [1.807, 2.05) is 26.0 Å². The fourth-order valence-corrected chi connectivity index (χ4v) is 1.42. The molecule has 13 heavy (non-hydrogen) atoms. The molecule has 1 aromatic rings. The van der Waals surface area contributed by atoms with Crippen molar-refractivity contribution in [2.45, 2.75) is 20.3 Å². The first-order chi connectivity index (χ1) is 6.19. The van der Waals surface area contributed by atoms with Crippen molar-refractivity contribution in [3.05, 3.63) is 34.4 Å². The van der Waals surface area contributed by atoms with Gasteiger partial charge in [0.25, 0.3) is 0 Å². The lowest BCUT2D eigenvalue weighted by Gasteiger charge is -2.05. The van der Waals surface area contributed by atoms with Crippen molar-refractivity contribution < 1.29 is 0 Å². The van der Waals surface area contributed by atoms with Crippen LogP contribution < -0.4 is 0 Å². The standard InChI is InChI=1S/C11H10N2/c1-8-5-10(7-13)6-9(2)11(8)3-4-12/h5-6H,3H2,1-2H3. The van der Waals surface area contributed by atoms with Crippen molar-refractivity contribution in [3.8, 4) is 12.1 Å². The molecule has 0 aromatic heterocycles. The van der Waals surface area contributed by atoms with Gasteiger partial charge in [0.1, 0.15) is 0 Å². The molecule has 0 bridgehead atoms. The van der Waals surface area contributed by atoms with Gasteiger partial charge >= 0.3 is 0 Å². The highest BCUT2D eigenvalue weighted by Gasteiger charge is 2.03. The minimum Gasteiger partial charge on any atom is -0.198 e. The Morgan fingerprint density at radius 3 is 2.08 bits per heavy atom. The molecule has 0 saturated heterocycles. The quantitative estimate of drug-likeness (QED) is 0.648. The molecule has 0 saturated carbocycles. The monoisotopic (exact) mass is 170 g/mol. The number of aryl methyl sites for hydroxylation is 2. The fraction of sp³-hybridized carbons (Fsp3) is 0.273. The zero-order valence-corrected chi connectivity index (χ0v) is 7.76. The van der Waals surface area contributed by atoms with Gasteiger partial charge in [-0.15, -0.1) is 0 Å². The molecule has 0 atom stereocenters. The number of benzene rings is 1. The third-order valence-electron chi connectivity index (χ3n) is 2.08. The van der Waals surface area contributed by atoms with Crippen LogP contribution in [-0.4, -0.2) is 0 Å². The van der Waals surface area contributed by atoms with Crippen LogP contribution in [0.1, 0.15) is 22.3 Å². The Bertz CT molecular complexity index is 382. The first-order valence-electron chi connectivity index (χ1n) is 4.06. The molecule has 0 aliphatic rings. The molecule has 0 aliphatic carbocycles. The highest BCUT2D eigenvalue weighted by molar-refractivity contribution is 5.43. The minimum absolute atomic E-state index is 0.420. The van der Waals surface area contributed by atoms with Gasteiger partial charge in [-0.25, -0.2) is 0 Å². The van der Waals surface area contributed by atoms with Crippen LogP contribution in [0.2, 0.25) is 0 Å². The van der Waals surface area contributed by atoms with Gasteiger partial charge in [0.2, 0.25) is 0 Å². The van der Waals surface area contributed by atoms with Crippen molar-refractivity contribution in [1.82, 2.24) is 0 Å². The summed E-state index contributed by atoms with van der Waals surface area (Å²) >= 11 is 0. The smallest absolute Gasteiger partial charge is 0.0991 e. The van der Waals surface area contributed by atoms with E-state index in [-0.39, 0.29) is 0 Å². The SMILES string of the molecule is Cc1cc(C#N)cc(C)c1CC#N. The molecule has 0 aliphatic heterocycles. The molecule has 1 aromatic carbocycles. The highest BCUT2D eigenvalue weighted by atomic mass is 14.3. The summed E-state index contributed by atoms with van der Waals surface area (Å²) in [6.07, 6.45) is 0.420. The number of hydrogen-bond acceptors (Lipinski definition) is 2. The minimum atomic E-state index is 0.420. The van der Waals surface area contributed by atoms with Crippen LogP contribution in [0.15, 0.2) is 12.1 Å². The molecule has 64 valence electrons. The number of hydrogen-bond donors (Lipinski definition) is 0. The Hall–Kier alpha value is -1.80. The van der Waals surface area contributed by atoms with E-state index in [4.69, 9.17) is 10.5 Å². The van der Waals surface area contributed by atoms with Gasteiger partial charge in [0, 0.05) is 0 Å². The zero-order valence-electron chi connectivity index (χ0n) is 7.76. The Morgan fingerprint density at radius 2 is 1.69 bits per heavy atom. The second-order valence-corrected chi connectivity index (χ2v) is 3.04. The third kappa shape index (κ3) is 1.86. The van der Waals surface area contributed by atoms with Crippen molar-refractivity contribution >= 4 is 0 Å². The predicted molar refractivity (Wildman–Crippen MR) is 49.9 cm³/mol. The molecule has 2 heteroatoms. The van der Waals surface area contributed by atoms with Crippen molar-refractivity contribution in [2.75, 3.05) is 0 Å². The number of nitriles is 2. The molecule has 0 amide bonds. The van der Waals surface area contributed by atoms with Gasteiger partial charge in [-0.05, 0) is 42.7 Å². The summed E-state index contributed by atoms with van der Waals surface area (Å²) in [5.74, 6) is 0. The van der Waals surface area contributed by atoms with Crippen LogP contribution in [0.4, 0.5) is 0 Å². The van der Waals surface area contributed by atoms with Gasteiger partial charge in [0.15, 0.2) is 0 Å². The number of nitrogens with zero attached hydrogens (tertiary/aromatic N) is 2. The van der Waals surface area contributed by atoms with Crippen LogP contribution >= 0.6 is 0 Å². The summed E-state index contributed by atoms with van der Waals surface area (Å²) in [5, 5.41) is 17.3. The molecule has 0 fully saturated rings. The van der Waals surface area contributed by atoms with E-state index in [0.29, 0.717) is 12.0 Å². The molecule has 0 heterocycles. The molecule has 0 N–H and O–H groups in total. The van der Waals surface area contributed by atoms with Crippen LogP contribution in [0.25, 0.3) is 0 Å². The van der Waals surface area contributed by atoms with E-state index in [1.165, 1.54) is 0 Å². The molecular weight excluding hydrogens is 160 g/mol. The topological polar surface area (TPSA) is 47.6 Å². The molecular formula is C11H10N2. The maximum Gasteiger partial charge on any atom is 0.0991 e. The summed E-state index contributed by atoms with van der Waals surface area (Å²) in [6.45, 7) is 3.86. The van der Waals surface area contributed by atoms with Crippen molar-refractivity contribution in [1.29, 1.82) is 10.5 Å². The maximum absolute atomic E-state index is 8.69. The zero-order chi connectivity index (χ0) is 9.84. The first kappa shape index (κ1) is 9.29. The lowest BCUT2D eigenvalue weighted by molar-refractivity contribution is 1.16. The Balaban J connectivity index is 3.26. The first-order valence-corrected chi connectivity index (χ1v) is 4.06. The van der Waals surface area contributed by atoms with Gasteiger partial charge < -0.3 is 0 Å². The summed E-state index contributed by atoms with van der Waals surface area (Å²) in [7, 11) is 0. The van der Waals surface area contributed by atoms with E-state index in [1.54, 1.807) is 0 Å². The Kier molecular flexibility index (Phi) is 2.67. The van der Waals surface area contributed by atoms with Gasteiger partial charge in [-0.1, -0.05) is 0 Å². The van der Waals surface area contributed by atoms with Gasteiger partial charge in [-0.2, -0.15) is 10.5 Å².